The molecule has 0 saturated heterocycles. The second kappa shape index (κ2) is 9.03. The van der Waals surface area contributed by atoms with E-state index in [1.165, 1.54) is 0 Å². The molecular weight excluding hydrogens is 256 g/mol. The van der Waals surface area contributed by atoms with Gasteiger partial charge < -0.3 is 15.5 Å². The first-order chi connectivity index (χ1) is 9.67. The summed E-state index contributed by atoms with van der Waals surface area (Å²) in [5.41, 5.74) is 0.858. The molecule has 1 aromatic heterocycles. The molecule has 2 amide bonds. The quantitative estimate of drug-likeness (QED) is 0.697. The van der Waals surface area contributed by atoms with Gasteiger partial charge >= 0.3 is 11.8 Å². The molecule has 0 unspecified atom stereocenters. The minimum Gasteiger partial charge on any atom is -0.347 e. The largest absolute Gasteiger partial charge is 0.347 e. The lowest BCUT2D eigenvalue weighted by molar-refractivity contribution is -0.139. The van der Waals surface area contributed by atoms with Crippen LogP contribution in [0, 0.1) is 0 Å². The van der Waals surface area contributed by atoms with E-state index in [-0.39, 0.29) is 0 Å². The zero-order chi connectivity index (χ0) is 14.8. The molecule has 0 bridgehead atoms. The Morgan fingerprint density at radius 1 is 1.20 bits per heavy atom. The third-order valence-corrected chi connectivity index (χ3v) is 2.99. The van der Waals surface area contributed by atoms with Crippen molar-refractivity contribution >= 4 is 11.8 Å². The fraction of sp³-hybridized carbons (Fsp3) is 0.500. The lowest BCUT2D eigenvalue weighted by Gasteiger charge is -2.17. The molecule has 2 N–H and O–H groups in total. The fourth-order valence-electron chi connectivity index (χ4n) is 1.71. The summed E-state index contributed by atoms with van der Waals surface area (Å²) in [5, 5.41) is 5.17. The van der Waals surface area contributed by atoms with E-state index in [2.05, 4.69) is 34.4 Å². The van der Waals surface area contributed by atoms with Crippen LogP contribution in [0.5, 0.6) is 0 Å². The fourth-order valence-corrected chi connectivity index (χ4v) is 1.71. The molecular formula is C14H22N4O2. The minimum absolute atomic E-state index is 0.302. The van der Waals surface area contributed by atoms with Crippen LogP contribution in [-0.4, -0.2) is 47.9 Å². The van der Waals surface area contributed by atoms with Gasteiger partial charge in [0.15, 0.2) is 0 Å². The number of nitrogens with zero attached hydrogens (tertiary/aromatic N) is 2. The number of likely N-dealkylation sites (N-methyl/N-ethyl adjacent to an activating group) is 1. The van der Waals surface area contributed by atoms with E-state index in [9.17, 15) is 9.59 Å². The maximum Gasteiger partial charge on any atom is 0.309 e. The van der Waals surface area contributed by atoms with Gasteiger partial charge in [0.2, 0.25) is 0 Å². The van der Waals surface area contributed by atoms with Gasteiger partial charge in [-0.1, -0.05) is 19.9 Å². The first kappa shape index (κ1) is 16.1. The molecule has 1 rings (SSSR count). The Kier molecular flexibility index (Phi) is 7.27. The van der Waals surface area contributed by atoms with E-state index in [0.717, 1.165) is 25.2 Å². The number of aromatic nitrogens is 1. The molecule has 6 nitrogen and oxygen atoms in total. The molecule has 0 spiro atoms. The number of nitrogens with one attached hydrogen (secondary N) is 2. The smallest absolute Gasteiger partial charge is 0.309 e. The van der Waals surface area contributed by atoms with Gasteiger partial charge in [-0.3, -0.25) is 14.6 Å². The third-order valence-electron chi connectivity index (χ3n) is 2.99. The van der Waals surface area contributed by atoms with Crippen LogP contribution < -0.4 is 10.6 Å². The highest BCUT2D eigenvalue weighted by molar-refractivity contribution is 6.35. The van der Waals surface area contributed by atoms with Crippen molar-refractivity contribution in [1.29, 1.82) is 0 Å². The summed E-state index contributed by atoms with van der Waals surface area (Å²) < 4.78 is 0. The number of rotatable bonds is 7. The Morgan fingerprint density at radius 2 is 1.90 bits per heavy atom. The molecule has 6 heteroatoms. The topological polar surface area (TPSA) is 74.3 Å². The van der Waals surface area contributed by atoms with Gasteiger partial charge in [0.25, 0.3) is 0 Å². The van der Waals surface area contributed by atoms with Crippen LogP contribution in [0.25, 0.3) is 0 Å². The average molecular weight is 278 g/mol. The van der Waals surface area contributed by atoms with E-state index >= 15 is 0 Å². The molecule has 1 aromatic rings. The molecule has 0 aromatic carbocycles. The second-order valence-electron chi connectivity index (χ2n) is 4.33. The normalized spacial score (nSPS) is 10.3. The summed E-state index contributed by atoms with van der Waals surface area (Å²) in [6.07, 6.45) is 3.31. The summed E-state index contributed by atoms with van der Waals surface area (Å²) >= 11 is 0. The predicted octanol–water partition coefficient (Wildman–Crippen LogP) is 0.156. The SMILES string of the molecule is CCN(CC)CCNC(=O)C(=O)NCc1cccnc1. The number of hydrogen-bond donors (Lipinski definition) is 2. The van der Waals surface area contributed by atoms with Gasteiger partial charge in [-0.2, -0.15) is 0 Å². The number of hydrogen-bond acceptors (Lipinski definition) is 4. The molecule has 0 saturated carbocycles. The lowest BCUT2D eigenvalue weighted by atomic mass is 10.3. The molecule has 0 fully saturated rings. The Morgan fingerprint density at radius 3 is 2.50 bits per heavy atom. The molecule has 20 heavy (non-hydrogen) atoms. The van der Waals surface area contributed by atoms with Crippen LogP contribution in [0.3, 0.4) is 0 Å². The lowest BCUT2D eigenvalue weighted by Crippen LogP contribution is -2.42. The molecule has 0 aliphatic rings. The van der Waals surface area contributed by atoms with Crippen molar-refractivity contribution in [2.45, 2.75) is 20.4 Å². The summed E-state index contributed by atoms with van der Waals surface area (Å²) in [5.74, 6) is -1.21. The Balaban J connectivity index is 2.24. The molecule has 0 aliphatic carbocycles. The third kappa shape index (κ3) is 5.79. The van der Waals surface area contributed by atoms with Gasteiger partial charge in [-0.25, -0.2) is 0 Å². The van der Waals surface area contributed by atoms with Gasteiger partial charge in [0.1, 0.15) is 0 Å². The summed E-state index contributed by atoms with van der Waals surface area (Å²) in [7, 11) is 0. The monoisotopic (exact) mass is 278 g/mol. The molecule has 0 atom stereocenters. The van der Waals surface area contributed by atoms with E-state index < -0.39 is 11.8 Å². The van der Waals surface area contributed by atoms with Crippen LogP contribution in [-0.2, 0) is 16.1 Å². The van der Waals surface area contributed by atoms with E-state index in [0.29, 0.717) is 13.1 Å². The molecule has 0 aliphatic heterocycles. The summed E-state index contributed by atoms with van der Waals surface area (Å²) in [6, 6.07) is 3.62. The number of pyridine rings is 1. The summed E-state index contributed by atoms with van der Waals surface area (Å²) in [6.45, 7) is 7.50. The van der Waals surface area contributed by atoms with Crippen molar-refractivity contribution in [1.82, 2.24) is 20.5 Å². The van der Waals surface area contributed by atoms with Crippen LogP contribution in [0.1, 0.15) is 19.4 Å². The molecule has 1 heterocycles. The van der Waals surface area contributed by atoms with Crippen molar-refractivity contribution in [2.75, 3.05) is 26.2 Å². The first-order valence-electron chi connectivity index (χ1n) is 6.84. The van der Waals surface area contributed by atoms with Crippen molar-refractivity contribution in [3.05, 3.63) is 30.1 Å². The zero-order valence-electron chi connectivity index (χ0n) is 12.1. The number of carbonyl (C=O) groups is 2. The molecule has 0 radical (unpaired) electrons. The maximum absolute atomic E-state index is 11.6. The van der Waals surface area contributed by atoms with Crippen LogP contribution in [0.2, 0.25) is 0 Å². The first-order valence-corrected chi connectivity index (χ1v) is 6.84. The molecule has 110 valence electrons. The van der Waals surface area contributed by atoms with E-state index in [1.807, 2.05) is 6.07 Å². The average Bonchev–Trinajstić information content (AvgIpc) is 2.50. The standard InChI is InChI=1S/C14H22N4O2/c1-3-18(4-2)9-8-16-13(19)14(20)17-11-12-6-5-7-15-10-12/h5-7,10H,3-4,8-9,11H2,1-2H3,(H,16,19)(H,17,20). The predicted molar refractivity (Wildman–Crippen MR) is 76.9 cm³/mol. The second-order valence-corrected chi connectivity index (χ2v) is 4.33. The Hall–Kier alpha value is -1.95. The highest BCUT2D eigenvalue weighted by Gasteiger charge is 2.12. The van der Waals surface area contributed by atoms with E-state index in [1.54, 1.807) is 18.5 Å². The van der Waals surface area contributed by atoms with Crippen LogP contribution >= 0.6 is 0 Å². The highest BCUT2D eigenvalue weighted by Crippen LogP contribution is 1.93. The van der Waals surface area contributed by atoms with Crippen molar-refractivity contribution in [3.8, 4) is 0 Å². The summed E-state index contributed by atoms with van der Waals surface area (Å²) in [4.78, 5) is 29.3. The van der Waals surface area contributed by atoms with E-state index in [4.69, 9.17) is 0 Å². The van der Waals surface area contributed by atoms with Crippen molar-refractivity contribution in [3.63, 3.8) is 0 Å². The van der Waals surface area contributed by atoms with Crippen molar-refractivity contribution < 1.29 is 9.59 Å². The Bertz CT molecular complexity index is 418. The van der Waals surface area contributed by atoms with Gasteiger partial charge in [-0.15, -0.1) is 0 Å². The van der Waals surface area contributed by atoms with Crippen molar-refractivity contribution in [2.24, 2.45) is 0 Å². The zero-order valence-corrected chi connectivity index (χ0v) is 12.1. The van der Waals surface area contributed by atoms with Gasteiger partial charge in [0, 0.05) is 32.0 Å². The van der Waals surface area contributed by atoms with Gasteiger partial charge in [-0.05, 0) is 24.7 Å². The Labute approximate surface area is 119 Å². The maximum atomic E-state index is 11.6. The minimum atomic E-state index is -0.617. The van der Waals surface area contributed by atoms with Crippen LogP contribution in [0.4, 0.5) is 0 Å². The van der Waals surface area contributed by atoms with Gasteiger partial charge in [0.05, 0.1) is 0 Å². The number of carbonyl (C=O) groups excluding carboxylic acids is 2. The highest BCUT2D eigenvalue weighted by atomic mass is 16.2. The number of amides is 2. The van der Waals surface area contributed by atoms with Crippen LogP contribution in [0.15, 0.2) is 24.5 Å².